The highest BCUT2D eigenvalue weighted by Gasteiger charge is 2.22. The molecule has 1 amide bonds. The van der Waals surface area contributed by atoms with E-state index in [0.717, 1.165) is 25.9 Å². The van der Waals surface area contributed by atoms with Gasteiger partial charge in [-0.3, -0.25) is 4.79 Å². The van der Waals surface area contributed by atoms with Crippen LogP contribution in [0.5, 0.6) is 5.75 Å². The summed E-state index contributed by atoms with van der Waals surface area (Å²) < 4.78 is 27.7. The van der Waals surface area contributed by atoms with Crippen molar-refractivity contribution in [1.29, 1.82) is 0 Å². The van der Waals surface area contributed by atoms with Crippen LogP contribution in [0.4, 0.5) is 5.69 Å². The topological polar surface area (TPSA) is 84.5 Å². The molecule has 148 valence electrons. The third-order valence-corrected chi connectivity index (χ3v) is 5.44. The Morgan fingerprint density at radius 3 is 2.69 bits per heavy atom. The van der Waals surface area contributed by atoms with Crippen LogP contribution in [-0.2, 0) is 14.6 Å². The molecule has 1 aliphatic heterocycles. The number of carbonyl (C=O) groups is 1. The van der Waals surface area contributed by atoms with E-state index in [-0.39, 0.29) is 30.7 Å². The number of piperidine rings is 1. The van der Waals surface area contributed by atoms with E-state index in [1.54, 1.807) is 24.3 Å². The van der Waals surface area contributed by atoms with Gasteiger partial charge in [0.15, 0.2) is 9.84 Å². The van der Waals surface area contributed by atoms with E-state index in [4.69, 9.17) is 4.74 Å². The lowest BCUT2D eigenvalue weighted by atomic mass is 9.84. The molecule has 0 aliphatic carbocycles. The first-order chi connectivity index (χ1) is 11.8. The van der Waals surface area contributed by atoms with Crippen LogP contribution in [0.3, 0.4) is 0 Å². The lowest BCUT2D eigenvalue weighted by Crippen LogP contribution is -2.32. The first kappa shape index (κ1) is 22.7. The summed E-state index contributed by atoms with van der Waals surface area (Å²) in [6.45, 7) is 4.30. The summed E-state index contributed by atoms with van der Waals surface area (Å²) in [5, 5.41) is 6.25. The molecule has 0 spiro atoms. The molecule has 8 heteroatoms. The van der Waals surface area contributed by atoms with Crippen LogP contribution in [-0.4, -0.2) is 46.0 Å². The Bertz CT molecular complexity index is 676. The minimum absolute atomic E-state index is 0. The van der Waals surface area contributed by atoms with Crippen LogP contribution < -0.4 is 15.4 Å². The summed E-state index contributed by atoms with van der Waals surface area (Å²) in [4.78, 5) is 12.3. The molecule has 0 radical (unpaired) electrons. The fourth-order valence-electron chi connectivity index (χ4n) is 3.06. The van der Waals surface area contributed by atoms with Crippen molar-refractivity contribution in [2.75, 3.05) is 37.0 Å². The van der Waals surface area contributed by atoms with Crippen molar-refractivity contribution in [1.82, 2.24) is 5.32 Å². The second-order valence-corrected chi connectivity index (χ2v) is 9.08. The summed E-state index contributed by atoms with van der Waals surface area (Å²) in [5.74, 6) is 1.47. The molecule has 1 aromatic rings. The van der Waals surface area contributed by atoms with E-state index in [1.165, 1.54) is 6.26 Å². The highest BCUT2D eigenvalue weighted by atomic mass is 35.5. The van der Waals surface area contributed by atoms with E-state index in [0.29, 0.717) is 29.7 Å². The van der Waals surface area contributed by atoms with Crippen LogP contribution in [0.25, 0.3) is 0 Å². The number of benzene rings is 1. The molecule has 1 aliphatic rings. The van der Waals surface area contributed by atoms with E-state index in [9.17, 15) is 13.2 Å². The molecule has 1 unspecified atom stereocenters. The SMILES string of the molecule is CC(CC(=O)Nc1cccc(OCCS(C)(=O)=O)c1)C1CCNCC1.Cl. The molecule has 1 heterocycles. The molecular weight excluding hydrogens is 376 g/mol. The van der Waals surface area contributed by atoms with E-state index < -0.39 is 9.84 Å². The van der Waals surface area contributed by atoms with Gasteiger partial charge in [0.2, 0.25) is 5.91 Å². The Labute approximate surface area is 162 Å². The maximum atomic E-state index is 12.3. The van der Waals surface area contributed by atoms with Gasteiger partial charge in [-0.05, 0) is 49.9 Å². The van der Waals surface area contributed by atoms with Gasteiger partial charge in [-0.25, -0.2) is 8.42 Å². The minimum Gasteiger partial charge on any atom is -0.492 e. The largest absolute Gasteiger partial charge is 0.492 e. The van der Waals surface area contributed by atoms with Crippen LogP contribution in [0, 0.1) is 11.8 Å². The lowest BCUT2D eigenvalue weighted by molar-refractivity contribution is -0.117. The van der Waals surface area contributed by atoms with Crippen molar-refractivity contribution < 1.29 is 17.9 Å². The van der Waals surface area contributed by atoms with Crippen molar-refractivity contribution in [3.63, 3.8) is 0 Å². The molecule has 26 heavy (non-hydrogen) atoms. The van der Waals surface area contributed by atoms with Crippen molar-refractivity contribution in [2.24, 2.45) is 11.8 Å². The van der Waals surface area contributed by atoms with Gasteiger partial charge in [0.25, 0.3) is 0 Å². The maximum absolute atomic E-state index is 12.3. The molecule has 1 fully saturated rings. The molecule has 0 bridgehead atoms. The summed E-state index contributed by atoms with van der Waals surface area (Å²) in [5.41, 5.74) is 0.666. The van der Waals surface area contributed by atoms with E-state index >= 15 is 0 Å². The Morgan fingerprint density at radius 2 is 2.04 bits per heavy atom. The number of amides is 1. The number of hydrogen-bond acceptors (Lipinski definition) is 5. The van der Waals surface area contributed by atoms with Gasteiger partial charge in [-0.15, -0.1) is 12.4 Å². The Hall–Kier alpha value is -1.31. The first-order valence-corrected chi connectivity index (χ1v) is 10.8. The third-order valence-electron chi connectivity index (χ3n) is 4.54. The first-order valence-electron chi connectivity index (χ1n) is 8.74. The van der Waals surface area contributed by atoms with Crippen molar-refractivity contribution in [2.45, 2.75) is 26.2 Å². The summed E-state index contributed by atoms with van der Waals surface area (Å²) >= 11 is 0. The average molecular weight is 405 g/mol. The number of ether oxygens (including phenoxy) is 1. The lowest BCUT2D eigenvalue weighted by Gasteiger charge is -2.27. The second-order valence-electron chi connectivity index (χ2n) is 6.82. The van der Waals surface area contributed by atoms with Crippen LogP contribution in [0.15, 0.2) is 24.3 Å². The van der Waals surface area contributed by atoms with Crippen LogP contribution >= 0.6 is 12.4 Å². The van der Waals surface area contributed by atoms with Gasteiger partial charge in [-0.1, -0.05) is 13.0 Å². The van der Waals surface area contributed by atoms with Crippen LogP contribution in [0.1, 0.15) is 26.2 Å². The normalized spacial score (nSPS) is 16.4. The van der Waals surface area contributed by atoms with Crippen molar-refractivity contribution in [3.8, 4) is 5.75 Å². The quantitative estimate of drug-likeness (QED) is 0.695. The standard InChI is InChI=1S/C18H28N2O4S.ClH/c1-14(15-6-8-19-9-7-15)12-18(21)20-16-4-3-5-17(13-16)24-10-11-25(2,22)23;/h3-5,13-15,19H,6-12H2,1-2H3,(H,20,21);1H. The third kappa shape index (κ3) is 8.38. The average Bonchev–Trinajstić information content (AvgIpc) is 2.54. The summed E-state index contributed by atoms with van der Waals surface area (Å²) in [6.07, 6.45) is 3.93. The maximum Gasteiger partial charge on any atom is 0.224 e. The molecule has 0 aromatic heterocycles. The van der Waals surface area contributed by atoms with Gasteiger partial charge in [0.05, 0.1) is 5.75 Å². The summed E-state index contributed by atoms with van der Waals surface area (Å²) in [6, 6.07) is 7.04. The van der Waals surface area contributed by atoms with Crippen molar-refractivity contribution >= 4 is 33.8 Å². The smallest absolute Gasteiger partial charge is 0.224 e. The zero-order valence-electron chi connectivity index (χ0n) is 15.4. The predicted molar refractivity (Wildman–Crippen MR) is 107 cm³/mol. The molecule has 1 aromatic carbocycles. The monoisotopic (exact) mass is 404 g/mol. The Kier molecular flexibility index (Phi) is 9.39. The number of carbonyl (C=O) groups excluding carboxylic acids is 1. The number of anilines is 1. The molecule has 1 saturated heterocycles. The molecular formula is C18H29ClN2O4S. The second kappa shape index (κ2) is 10.7. The van der Waals surface area contributed by atoms with Gasteiger partial charge >= 0.3 is 0 Å². The number of halogens is 1. The molecule has 6 nitrogen and oxygen atoms in total. The zero-order chi connectivity index (χ0) is 18.3. The molecule has 1 atom stereocenters. The summed E-state index contributed by atoms with van der Waals surface area (Å²) in [7, 11) is -3.05. The van der Waals surface area contributed by atoms with E-state index in [2.05, 4.69) is 17.6 Å². The van der Waals surface area contributed by atoms with Crippen molar-refractivity contribution in [3.05, 3.63) is 24.3 Å². The highest BCUT2D eigenvalue weighted by molar-refractivity contribution is 7.90. The fourth-order valence-corrected chi connectivity index (χ4v) is 3.45. The minimum atomic E-state index is -3.05. The number of hydrogen-bond donors (Lipinski definition) is 2. The van der Waals surface area contributed by atoms with Gasteiger partial charge < -0.3 is 15.4 Å². The zero-order valence-corrected chi connectivity index (χ0v) is 17.0. The highest BCUT2D eigenvalue weighted by Crippen LogP contribution is 2.25. The van der Waals surface area contributed by atoms with Gasteiger partial charge in [0.1, 0.15) is 12.4 Å². The molecule has 2 N–H and O–H groups in total. The van der Waals surface area contributed by atoms with E-state index in [1.807, 2.05) is 0 Å². The molecule has 0 saturated carbocycles. The Morgan fingerprint density at radius 1 is 1.35 bits per heavy atom. The molecule has 2 rings (SSSR count). The van der Waals surface area contributed by atoms with Gasteiger partial charge in [-0.2, -0.15) is 0 Å². The predicted octanol–water partition coefficient (Wildman–Crippen LogP) is 2.50. The fraction of sp³-hybridized carbons (Fsp3) is 0.611. The van der Waals surface area contributed by atoms with Gasteiger partial charge in [0, 0.05) is 24.4 Å². The Balaban J connectivity index is 0.00000338. The number of sulfone groups is 1. The number of nitrogens with one attached hydrogen (secondary N) is 2. The number of rotatable bonds is 8. The van der Waals surface area contributed by atoms with Crippen LogP contribution in [0.2, 0.25) is 0 Å².